The summed E-state index contributed by atoms with van der Waals surface area (Å²) >= 11 is 0. The van der Waals surface area contributed by atoms with E-state index in [1.54, 1.807) is 12.2 Å². The van der Waals surface area contributed by atoms with Crippen LogP contribution in [0.5, 0.6) is 0 Å². The van der Waals surface area contributed by atoms with Gasteiger partial charge in [0, 0.05) is 22.4 Å². The molecule has 1 N–H and O–H groups in total. The SMILES string of the molecule is O=C1C=C2CCCc3cc4ccc(cc4[nH]3)CCCCC1=CC2=O. The van der Waals surface area contributed by atoms with Crippen molar-refractivity contribution < 1.29 is 9.59 Å². The van der Waals surface area contributed by atoms with E-state index in [0.29, 0.717) is 24.0 Å². The Balaban J connectivity index is 1.63. The zero-order chi connectivity index (χ0) is 16.5. The first-order valence-electron chi connectivity index (χ1n) is 8.79. The third-order valence-electron chi connectivity index (χ3n) is 5.04. The maximum absolute atomic E-state index is 12.2. The number of benzene rings is 1. The molecule has 24 heavy (non-hydrogen) atoms. The summed E-state index contributed by atoms with van der Waals surface area (Å²) in [4.78, 5) is 27.9. The van der Waals surface area contributed by atoms with Gasteiger partial charge in [-0.25, -0.2) is 0 Å². The molecule has 2 aliphatic heterocycles. The van der Waals surface area contributed by atoms with Gasteiger partial charge in [-0.3, -0.25) is 9.59 Å². The molecule has 0 unspecified atom stereocenters. The van der Waals surface area contributed by atoms with E-state index < -0.39 is 0 Å². The molecule has 0 saturated heterocycles. The van der Waals surface area contributed by atoms with E-state index >= 15 is 0 Å². The molecule has 3 heterocycles. The lowest BCUT2D eigenvalue weighted by atomic mass is 9.91. The Morgan fingerprint density at radius 3 is 2.25 bits per heavy atom. The Bertz CT molecular complexity index is 882. The van der Waals surface area contributed by atoms with Gasteiger partial charge >= 0.3 is 0 Å². The van der Waals surface area contributed by atoms with Crippen LogP contribution in [0.25, 0.3) is 10.9 Å². The lowest BCUT2D eigenvalue weighted by Gasteiger charge is -2.12. The van der Waals surface area contributed by atoms with Gasteiger partial charge in [0.2, 0.25) is 0 Å². The van der Waals surface area contributed by atoms with Crippen molar-refractivity contribution in [3.8, 4) is 0 Å². The number of carbonyl (C=O) groups excluding carboxylic acids is 2. The molecule has 0 radical (unpaired) electrons. The standard InChI is InChI=1S/C21H21NO2/c23-20-13-17-6-3-7-18-11-15-9-8-14(10-19(15)22-18)4-1-2-5-16(20)12-21(17)24/h8-13,22H,1-7H2. The number of aromatic nitrogens is 1. The van der Waals surface area contributed by atoms with Gasteiger partial charge in [-0.1, -0.05) is 12.1 Å². The Hall–Kier alpha value is -2.42. The second kappa shape index (κ2) is 6.23. The molecule has 3 nitrogen and oxygen atoms in total. The normalized spacial score (nSPS) is 19.2. The predicted octanol–water partition coefficient (Wildman–Crippen LogP) is 4.22. The monoisotopic (exact) mass is 319 g/mol. The highest BCUT2D eigenvalue weighted by Gasteiger charge is 2.19. The lowest BCUT2D eigenvalue weighted by Crippen LogP contribution is -2.13. The van der Waals surface area contributed by atoms with Crippen LogP contribution in [-0.4, -0.2) is 16.6 Å². The molecule has 3 heteroatoms. The molecule has 1 aliphatic carbocycles. The number of aromatic amines is 1. The topological polar surface area (TPSA) is 49.9 Å². The molecule has 0 spiro atoms. The van der Waals surface area contributed by atoms with Crippen molar-refractivity contribution in [2.75, 3.05) is 0 Å². The summed E-state index contributed by atoms with van der Waals surface area (Å²) in [6.07, 6.45) is 9.21. The number of hydrogen-bond donors (Lipinski definition) is 1. The van der Waals surface area contributed by atoms with Crippen molar-refractivity contribution >= 4 is 22.5 Å². The number of ketones is 2. The number of hydrogen-bond acceptors (Lipinski definition) is 2. The highest BCUT2D eigenvalue weighted by molar-refractivity contribution is 6.19. The van der Waals surface area contributed by atoms with Gasteiger partial charge in [-0.15, -0.1) is 0 Å². The molecular weight excluding hydrogens is 298 g/mol. The van der Waals surface area contributed by atoms with E-state index in [1.807, 2.05) is 0 Å². The summed E-state index contributed by atoms with van der Waals surface area (Å²) in [5.74, 6) is 0.0530. The summed E-state index contributed by atoms with van der Waals surface area (Å²) in [5.41, 5.74) is 5.06. The quantitative estimate of drug-likeness (QED) is 0.739. The largest absolute Gasteiger partial charge is 0.358 e. The fourth-order valence-electron chi connectivity index (χ4n) is 3.67. The molecule has 0 saturated carbocycles. The van der Waals surface area contributed by atoms with Crippen molar-refractivity contribution in [3.63, 3.8) is 0 Å². The third-order valence-corrected chi connectivity index (χ3v) is 5.04. The van der Waals surface area contributed by atoms with Gasteiger partial charge in [0.25, 0.3) is 0 Å². The number of rotatable bonds is 0. The molecule has 0 fully saturated rings. The first-order chi connectivity index (χ1) is 11.7. The van der Waals surface area contributed by atoms with Crippen molar-refractivity contribution in [2.24, 2.45) is 0 Å². The zero-order valence-electron chi connectivity index (χ0n) is 13.7. The van der Waals surface area contributed by atoms with Gasteiger partial charge < -0.3 is 4.98 Å². The fourth-order valence-corrected chi connectivity index (χ4v) is 3.67. The summed E-state index contributed by atoms with van der Waals surface area (Å²) < 4.78 is 0. The number of nitrogens with one attached hydrogen (secondary N) is 1. The van der Waals surface area contributed by atoms with E-state index in [1.165, 1.54) is 22.2 Å². The van der Waals surface area contributed by atoms with Gasteiger partial charge in [-0.2, -0.15) is 0 Å². The maximum Gasteiger partial charge on any atom is 0.182 e. The van der Waals surface area contributed by atoms with Crippen LogP contribution in [-0.2, 0) is 22.4 Å². The molecular formula is C21H21NO2. The maximum atomic E-state index is 12.2. The van der Waals surface area contributed by atoms with Crippen LogP contribution in [0.1, 0.15) is 43.4 Å². The van der Waals surface area contributed by atoms with E-state index in [2.05, 4.69) is 29.2 Å². The van der Waals surface area contributed by atoms with Gasteiger partial charge in [0.1, 0.15) is 0 Å². The third kappa shape index (κ3) is 2.99. The smallest absolute Gasteiger partial charge is 0.182 e. The van der Waals surface area contributed by atoms with E-state index in [4.69, 9.17) is 0 Å². The molecule has 2 aromatic rings. The first-order valence-corrected chi connectivity index (χ1v) is 8.79. The van der Waals surface area contributed by atoms with Crippen LogP contribution >= 0.6 is 0 Å². The zero-order valence-corrected chi connectivity index (χ0v) is 13.7. The van der Waals surface area contributed by atoms with Crippen LogP contribution < -0.4 is 0 Å². The average molecular weight is 319 g/mol. The fraction of sp³-hybridized carbons (Fsp3) is 0.333. The minimum absolute atomic E-state index is 0.0242. The molecule has 5 bridgehead atoms. The second-order valence-electron chi connectivity index (χ2n) is 6.84. The van der Waals surface area contributed by atoms with Crippen LogP contribution in [0, 0.1) is 0 Å². The number of allylic oxidation sites excluding steroid dienone is 4. The van der Waals surface area contributed by atoms with Crippen LogP contribution in [0.3, 0.4) is 0 Å². The van der Waals surface area contributed by atoms with Gasteiger partial charge in [-0.05, 0) is 80.2 Å². The molecule has 1 aromatic carbocycles. The number of carbonyl (C=O) groups is 2. The molecule has 5 rings (SSSR count). The molecule has 0 atom stereocenters. The molecule has 1 aromatic heterocycles. The Kier molecular flexibility index (Phi) is 3.93. The average Bonchev–Trinajstić information content (AvgIpc) is 2.96. The van der Waals surface area contributed by atoms with E-state index in [9.17, 15) is 9.59 Å². The second-order valence-corrected chi connectivity index (χ2v) is 6.84. The van der Waals surface area contributed by atoms with E-state index in [0.717, 1.165) is 32.1 Å². The van der Waals surface area contributed by atoms with Gasteiger partial charge in [0.05, 0.1) is 0 Å². The molecule has 3 aliphatic rings. The Morgan fingerprint density at radius 2 is 1.46 bits per heavy atom. The summed E-state index contributed by atoms with van der Waals surface area (Å²) in [7, 11) is 0. The lowest BCUT2D eigenvalue weighted by molar-refractivity contribution is -0.115. The van der Waals surface area contributed by atoms with Crippen molar-refractivity contribution in [3.05, 3.63) is 58.8 Å². The molecule has 122 valence electrons. The highest BCUT2D eigenvalue weighted by Crippen LogP contribution is 2.24. The molecule has 0 amide bonds. The minimum Gasteiger partial charge on any atom is -0.358 e. The summed E-state index contributed by atoms with van der Waals surface area (Å²) in [6, 6.07) is 8.82. The van der Waals surface area contributed by atoms with Crippen LogP contribution in [0.15, 0.2) is 47.6 Å². The van der Waals surface area contributed by atoms with Crippen LogP contribution in [0.4, 0.5) is 0 Å². The van der Waals surface area contributed by atoms with Crippen molar-refractivity contribution in [2.45, 2.75) is 44.9 Å². The van der Waals surface area contributed by atoms with Crippen molar-refractivity contribution in [1.82, 2.24) is 4.98 Å². The first kappa shape index (κ1) is 15.1. The predicted molar refractivity (Wildman–Crippen MR) is 95.0 cm³/mol. The van der Waals surface area contributed by atoms with E-state index in [-0.39, 0.29) is 11.6 Å². The number of H-pyrrole nitrogens is 1. The highest BCUT2D eigenvalue weighted by atomic mass is 16.1. The number of aryl methyl sites for hydroxylation is 2. The number of fused-ring (bicyclic) bond motifs is 7. The van der Waals surface area contributed by atoms with Crippen LogP contribution in [0.2, 0.25) is 0 Å². The minimum atomic E-state index is 0.0242. The van der Waals surface area contributed by atoms with Gasteiger partial charge in [0.15, 0.2) is 11.6 Å². The summed E-state index contributed by atoms with van der Waals surface area (Å²) in [5, 5.41) is 1.24. The Labute approximate surface area is 141 Å². The summed E-state index contributed by atoms with van der Waals surface area (Å²) in [6.45, 7) is 0. The Morgan fingerprint density at radius 1 is 0.750 bits per heavy atom. The van der Waals surface area contributed by atoms with Crippen molar-refractivity contribution in [1.29, 1.82) is 0 Å².